The molecule has 138 valence electrons. The maximum Gasteiger partial charge on any atom is 0.227 e. The van der Waals surface area contributed by atoms with Gasteiger partial charge < -0.3 is 19.5 Å². The van der Waals surface area contributed by atoms with E-state index >= 15 is 0 Å². The molecule has 2 aromatic rings. The number of benzene rings is 1. The van der Waals surface area contributed by atoms with Gasteiger partial charge in [-0.3, -0.25) is 9.59 Å². The van der Waals surface area contributed by atoms with E-state index < -0.39 is 0 Å². The number of carbonyl (C=O) groups is 2. The summed E-state index contributed by atoms with van der Waals surface area (Å²) in [6.07, 6.45) is 5.24. The molecule has 1 aliphatic rings. The lowest BCUT2D eigenvalue weighted by molar-refractivity contribution is -0.139. The average molecular weight is 355 g/mol. The van der Waals surface area contributed by atoms with Crippen LogP contribution in [0.15, 0.2) is 48.8 Å². The van der Waals surface area contributed by atoms with Crippen molar-refractivity contribution in [3.63, 3.8) is 0 Å². The molecule has 2 heterocycles. The molecule has 3 rings (SSSR count). The first kappa shape index (κ1) is 18.0. The first-order valence-corrected chi connectivity index (χ1v) is 9.07. The van der Waals surface area contributed by atoms with Gasteiger partial charge in [-0.2, -0.15) is 0 Å². The number of para-hydroxylation sites is 1. The lowest BCUT2D eigenvalue weighted by Crippen LogP contribution is -2.51. The molecule has 0 radical (unpaired) electrons. The van der Waals surface area contributed by atoms with Crippen LogP contribution in [0.25, 0.3) is 0 Å². The Morgan fingerprint density at radius 3 is 2.31 bits per heavy atom. The average Bonchev–Trinajstić information content (AvgIpc) is 3.19. The minimum absolute atomic E-state index is 0.118. The zero-order valence-electron chi connectivity index (χ0n) is 14.9. The van der Waals surface area contributed by atoms with Crippen LogP contribution < -0.4 is 4.74 Å². The second-order valence-electron chi connectivity index (χ2n) is 6.42. The van der Waals surface area contributed by atoms with Crippen LogP contribution in [0.4, 0.5) is 0 Å². The fourth-order valence-electron chi connectivity index (χ4n) is 3.05. The van der Waals surface area contributed by atoms with Crippen molar-refractivity contribution in [3.05, 3.63) is 54.4 Å². The summed E-state index contributed by atoms with van der Waals surface area (Å²) >= 11 is 0. The van der Waals surface area contributed by atoms with E-state index in [9.17, 15) is 9.59 Å². The number of aromatic amines is 1. The number of amides is 2. The molecule has 1 aliphatic heterocycles. The number of piperazine rings is 1. The van der Waals surface area contributed by atoms with Gasteiger partial charge >= 0.3 is 0 Å². The van der Waals surface area contributed by atoms with Crippen molar-refractivity contribution in [1.82, 2.24) is 14.8 Å². The van der Waals surface area contributed by atoms with Gasteiger partial charge in [-0.25, -0.2) is 0 Å². The van der Waals surface area contributed by atoms with Crippen molar-refractivity contribution in [2.75, 3.05) is 32.8 Å². The van der Waals surface area contributed by atoms with E-state index in [1.165, 1.54) is 0 Å². The lowest BCUT2D eigenvalue weighted by Gasteiger charge is -2.35. The van der Waals surface area contributed by atoms with Crippen LogP contribution in [0.1, 0.15) is 18.4 Å². The summed E-state index contributed by atoms with van der Waals surface area (Å²) < 4.78 is 5.62. The summed E-state index contributed by atoms with van der Waals surface area (Å²) in [6, 6.07) is 11.5. The minimum atomic E-state index is 0.118. The summed E-state index contributed by atoms with van der Waals surface area (Å²) in [7, 11) is 0. The largest absolute Gasteiger partial charge is 0.494 e. The fourth-order valence-corrected chi connectivity index (χ4v) is 3.05. The van der Waals surface area contributed by atoms with Crippen LogP contribution in [0.3, 0.4) is 0 Å². The highest BCUT2D eigenvalue weighted by molar-refractivity contribution is 5.80. The third-order valence-corrected chi connectivity index (χ3v) is 4.55. The van der Waals surface area contributed by atoms with Gasteiger partial charge in [0.15, 0.2) is 0 Å². The Hall–Kier alpha value is -2.76. The van der Waals surface area contributed by atoms with Crippen LogP contribution in [0, 0.1) is 0 Å². The lowest BCUT2D eigenvalue weighted by atomic mass is 10.2. The number of carbonyl (C=O) groups excluding carboxylic acids is 2. The van der Waals surface area contributed by atoms with Gasteiger partial charge in [0.2, 0.25) is 11.8 Å². The standard InChI is InChI=1S/C20H25N3O3/c24-19(7-4-14-26-18-5-2-1-3-6-18)22-10-12-23(13-11-22)20(25)15-17-8-9-21-16-17/h1-3,5-6,8-9,16,21H,4,7,10-15H2. The number of aromatic nitrogens is 1. The van der Waals surface area contributed by atoms with Gasteiger partial charge in [0, 0.05) is 45.0 Å². The van der Waals surface area contributed by atoms with Crippen LogP contribution in [0.2, 0.25) is 0 Å². The molecule has 1 aromatic carbocycles. The summed E-state index contributed by atoms with van der Waals surface area (Å²) in [5.74, 6) is 1.09. The normalized spacial score (nSPS) is 14.3. The van der Waals surface area contributed by atoms with Gasteiger partial charge in [0.25, 0.3) is 0 Å². The number of nitrogens with one attached hydrogen (secondary N) is 1. The molecule has 0 spiro atoms. The van der Waals surface area contributed by atoms with E-state index in [0.717, 1.165) is 11.3 Å². The maximum absolute atomic E-state index is 12.3. The molecule has 0 aliphatic carbocycles. The van der Waals surface area contributed by atoms with Gasteiger partial charge in [-0.15, -0.1) is 0 Å². The highest BCUT2D eigenvalue weighted by Crippen LogP contribution is 2.11. The van der Waals surface area contributed by atoms with E-state index in [1.807, 2.05) is 58.6 Å². The van der Waals surface area contributed by atoms with Crippen LogP contribution in [-0.2, 0) is 16.0 Å². The molecule has 6 nitrogen and oxygen atoms in total. The molecule has 6 heteroatoms. The number of rotatable bonds is 7. The molecule has 0 saturated carbocycles. The van der Waals surface area contributed by atoms with Gasteiger partial charge in [-0.1, -0.05) is 18.2 Å². The molecule has 1 fully saturated rings. The smallest absolute Gasteiger partial charge is 0.227 e. The zero-order valence-corrected chi connectivity index (χ0v) is 14.9. The molecule has 1 saturated heterocycles. The Bertz CT molecular complexity index is 692. The second kappa shape index (κ2) is 9.08. The topological polar surface area (TPSA) is 65.6 Å². The number of nitrogens with zero attached hydrogens (tertiary/aromatic N) is 2. The second-order valence-corrected chi connectivity index (χ2v) is 6.42. The molecule has 0 atom stereocenters. The van der Waals surface area contributed by atoms with Crippen molar-refractivity contribution in [1.29, 1.82) is 0 Å². The van der Waals surface area contributed by atoms with E-state index in [2.05, 4.69) is 4.98 Å². The molecular weight excluding hydrogens is 330 g/mol. The van der Waals surface area contributed by atoms with Gasteiger partial charge in [0.1, 0.15) is 5.75 Å². The first-order chi connectivity index (χ1) is 12.7. The molecule has 0 unspecified atom stereocenters. The maximum atomic E-state index is 12.3. The van der Waals surface area contributed by atoms with Crippen molar-refractivity contribution in [2.45, 2.75) is 19.3 Å². The molecule has 1 N–H and O–H groups in total. The van der Waals surface area contributed by atoms with Crippen molar-refractivity contribution in [2.24, 2.45) is 0 Å². The highest BCUT2D eigenvalue weighted by atomic mass is 16.5. The Labute approximate surface area is 153 Å². The fraction of sp³-hybridized carbons (Fsp3) is 0.400. The minimum Gasteiger partial charge on any atom is -0.494 e. The van der Waals surface area contributed by atoms with Gasteiger partial charge in [0.05, 0.1) is 13.0 Å². The first-order valence-electron chi connectivity index (χ1n) is 9.07. The van der Waals surface area contributed by atoms with E-state index in [1.54, 1.807) is 0 Å². The van der Waals surface area contributed by atoms with Crippen LogP contribution in [-0.4, -0.2) is 59.4 Å². The summed E-state index contributed by atoms with van der Waals surface area (Å²) in [5.41, 5.74) is 0.993. The van der Waals surface area contributed by atoms with Crippen molar-refractivity contribution in [3.8, 4) is 5.75 Å². The summed E-state index contributed by atoms with van der Waals surface area (Å²) in [4.78, 5) is 31.2. The molecule has 1 aromatic heterocycles. The molecule has 2 amide bonds. The highest BCUT2D eigenvalue weighted by Gasteiger charge is 2.23. The van der Waals surface area contributed by atoms with E-state index in [0.29, 0.717) is 52.0 Å². The number of hydrogen-bond donors (Lipinski definition) is 1. The Balaban J connectivity index is 1.33. The third kappa shape index (κ3) is 5.12. The molecular formula is C20H25N3O3. The number of ether oxygens (including phenoxy) is 1. The number of H-pyrrole nitrogens is 1. The predicted octanol–water partition coefficient (Wildman–Crippen LogP) is 2.09. The van der Waals surface area contributed by atoms with Crippen LogP contribution in [0.5, 0.6) is 5.75 Å². The van der Waals surface area contributed by atoms with Crippen molar-refractivity contribution >= 4 is 11.8 Å². The van der Waals surface area contributed by atoms with Gasteiger partial charge in [-0.05, 0) is 30.2 Å². The quantitative estimate of drug-likeness (QED) is 0.774. The monoisotopic (exact) mass is 355 g/mol. The Morgan fingerprint density at radius 2 is 1.65 bits per heavy atom. The van der Waals surface area contributed by atoms with Crippen molar-refractivity contribution < 1.29 is 14.3 Å². The zero-order chi connectivity index (χ0) is 18.2. The predicted molar refractivity (Wildman–Crippen MR) is 98.8 cm³/mol. The Morgan fingerprint density at radius 1 is 0.962 bits per heavy atom. The summed E-state index contributed by atoms with van der Waals surface area (Å²) in [6.45, 7) is 2.96. The van der Waals surface area contributed by atoms with E-state index in [-0.39, 0.29) is 11.8 Å². The SMILES string of the molecule is O=C(CCCOc1ccccc1)N1CCN(C(=O)Cc2cc[nH]c2)CC1. The molecule has 26 heavy (non-hydrogen) atoms. The summed E-state index contributed by atoms with van der Waals surface area (Å²) in [5, 5.41) is 0. The Kier molecular flexibility index (Phi) is 6.30. The third-order valence-electron chi connectivity index (χ3n) is 4.55. The van der Waals surface area contributed by atoms with Crippen LogP contribution >= 0.6 is 0 Å². The molecule has 0 bridgehead atoms. The van der Waals surface area contributed by atoms with E-state index in [4.69, 9.17) is 4.74 Å². The number of hydrogen-bond acceptors (Lipinski definition) is 3.